The molecule has 110 valence electrons. The molecule has 1 aromatic carbocycles. The van der Waals surface area contributed by atoms with Crippen molar-refractivity contribution in [2.45, 2.75) is 39.2 Å². The van der Waals surface area contributed by atoms with Gasteiger partial charge in [0, 0.05) is 11.6 Å². The number of carbonyl (C=O) groups excluding carboxylic acids is 1. The van der Waals surface area contributed by atoms with Gasteiger partial charge >= 0.3 is 0 Å². The van der Waals surface area contributed by atoms with E-state index in [1.54, 1.807) is 0 Å². The van der Waals surface area contributed by atoms with Gasteiger partial charge < -0.3 is 9.73 Å². The zero-order valence-electron chi connectivity index (χ0n) is 12.4. The Labute approximate surface area is 124 Å². The van der Waals surface area contributed by atoms with Crippen LogP contribution in [-0.2, 0) is 11.2 Å². The summed E-state index contributed by atoms with van der Waals surface area (Å²) in [6.45, 7) is 3.92. The quantitative estimate of drug-likeness (QED) is 0.918. The molecule has 1 atom stereocenters. The lowest BCUT2D eigenvalue weighted by molar-refractivity contribution is -0.121. The molecule has 2 aromatic rings. The maximum absolute atomic E-state index is 12.1. The van der Waals surface area contributed by atoms with Gasteiger partial charge in [0.15, 0.2) is 0 Å². The summed E-state index contributed by atoms with van der Waals surface area (Å²) in [6, 6.07) is 10.00. The third-order valence-corrected chi connectivity index (χ3v) is 3.96. The van der Waals surface area contributed by atoms with Crippen LogP contribution in [0.3, 0.4) is 0 Å². The third-order valence-electron chi connectivity index (χ3n) is 3.96. The van der Waals surface area contributed by atoms with Crippen molar-refractivity contribution in [3.8, 4) is 11.5 Å². The summed E-state index contributed by atoms with van der Waals surface area (Å²) in [4.78, 5) is 16.5. The van der Waals surface area contributed by atoms with Crippen molar-refractivity contribution in [2.24, 2.45) is 5.92 Å². The molecule has 1 aromatic heterocycles. The minimum atomic E-state index is 0.0189. The Morgan fingerprint density at radius 2 is 2.10 bits per heavy atom. The second-order valence-electron chi connectivity index (χ2n) is 5.76. The summed E-state index contributed by atoms with van der Waals surface area (Å²) in [5, 5.41) is 3.05. The minimum absolute atomic E-state index is 0.0189. The van der Waals surface area contributed by atoms with Gasteiger partial charge in [-0.1, -0.05) is 18.2 Å². The number of nitrogens with one attached hydrogen (secondary N) is 1. The summed E-state index contributed by atoms with van der Waals surface area (Å²) in [6.07, 6.45) is 2.73. The molecule has 4 heteroatoms. The fourth-order valence-electron chi connectivity index (χ4n) is 2.47. The van der Waals surface area contributed by atoms with Crippen molar-refractivity contribution in [3.63, 3.8) is 0 Å². The lowest BCUT2D eigenvalue weighted by Gasteiger charge is -2.11. The fourth-order valence-corrected chi connectivity index (χ4v) is 2.47. The van der Waals surface area contributed by atoms with Gasteiger partial charge in [-0.25, -0.2) is 4.98 Å². The molecule has 0 radical (unpaired) electrons. The van der Waals surface area contributed by atoms with E-state index < -0.39 is 0 Å². The molecule has 0 bridgehead atoms. The van der Waals surface area contributed by atoms with Crippen LogP contribution < -0.4 is 5.32 Å². The average Bonchev–Trinajstić information content (AvgIpc) is 3.26. The smallest absolute Gasteiger partial charge is 0.226 e. The molecule has 1 aliphatic carbocycles. The van der Waals surface area contributed by atoms with Gasteiger partial charge in [0.25, 0.3) is 0 Å². The number of amides is 1. The molecule has 1 N–H and O–H groups in total. The van der Waals surface area contributed by atoms with E-state index in [9.17, 15) is 4.79 Å². The van der Waals surface area contributed by atoms with Crippen molar-refractivity contribution >= 4 is 5.91 Å². The molecule has 1 saturated carbocycles. The highest BCUT2D eigenvalue weighted by atomic mass is 16.4. The van der Waals surface area contributed by atoms with Gasteiger partial charge in [0.2, 0.25) is 11.8 Å². The van der Waals surface area contributed by atoms with E-state index in [0.717, 1.165) is 5.56 Å². The highest BCUT2D eigenvalue weighted by Gasteiger charge is 2.29. The van der Waals surface area contributed by atoms with Crippen molar-refractivity contribution < 1.29 is 9.21 Å². The Hall–Kier alpha value is -2.10. The molecule has 0 spiro atoms. The Morgan fingerprint density at radius 3 is 2.76 bits per heavy atom. The normalized spacial score (nSPS) is 15.7. The van der Waals surface area contributed by atoms with Crippen LogP contribution >= 0.6 is 0 Å². The maximum Gasteiger partial charge on any atom is 0.226 e. The van der Waals surface area contributed by atoms with Gasteiger partial charge in [0.1, 0.15) is 5.76 Å². The first-order chi connectivity index (χ1) is 10.1. The van der Waals surface area contributed by atoms with Gasteiger partial charge in [-0.3, -0.25) is 4.79 Å². The molecule has 1 unspecified atom stereocenters. The average molecular weight is 284 g/mol. The second kappa shape index (κ2) is 5.72. The summed E-state index contributed by atoms with van der Waals surface area (Å²) >= 11 is 0. The SMILES string of the molecule is Cc1oc(-c2ccccc2)nc1CC(=O)NC(C)C1CC1. The third kappa shape index (κ3) is 3.32. The fraction of sp³-hybridized carbons (Fsp3) is 0.412. The molecule has 4 nitrogen and oxygen atoms in total. The number of nitrogens with zero attached hydrogens (tertiary/aromatic N) is 1. The molecule has 1 heterocycles. The monoisotopic (exact) mass is 284 g/mol. The number of hydrogen-bond acceptors (Lipinski definition) is 3. The van der Waals surface area contributed by atoms with E-state index in [0.29, 0.717) is 23.3 Å². The van der Waals surface area contributed by atoms with Gasteiger partial charge in [-0.15, -0.1) is 0 Å². The van der Waals surface area contributed by atoms with Crippen LogP contribution in [0.1, 0.15) is 31.2 Å². The highest BCUT2D eigenvalue weighted by molar-refractivity contribution is 5.78. The topological polar surface area (TPSA) is 55.1 Å². The number of hydrogen-bond donors (Lipinski definition) is 1. The Morgan fingerprint density at radius 1 is 1.38 bits per heavy atom. The Balaban J connectivity index is 1.68. The number of aromatic nitrogens is 1. The number of benzene rings is 1. The zero-order chi connectivity index (χ0) is 14.8. The van der Waals surface area contributed by atoms with E-state index in [4.69, 9.17) is 4.42 Å². The molecular formula is C17H20N2O2. The second-order valence-corrected chi connectivity index (χ2v) is 5.76. The largest absolute Gasteiger partial charge is 0.441 e. The van der Waals surface area contributed by atoms with Crippen LogP contribution in [0.5, 0.6) is 0 Å². The minimum Gasteiger partial charge on any atom is -0.441 e. The summed E-state index contributed by atoms with van der Waals surface area (Å²) in [7, 11) is 0. The molecule has 0 aliphatic heterocycles. The predicted molar refractivity (Wildman–Crippen MR) is 80.7 cm³/mol. The van der Waals surface area contributed by atoms with E-state index in [2.05, 4.69) is 17.2 Å². The molecular weight excluding hydrogens is 264 g/mol. The van der Waals surface area contributed by atoms with Crippen LogP contribution in [0, 0.1) is 12.8 Å². The highest BCUT2D eigenvalue weighted by Crippen LogP contribution is 2.32. The molecule has 3 rings (SSSR count). The molecule has 1 aliphatic rings. The predicted octanol–water partition coefficient (Wildman–Crippen LogP) is 3.11. The van der Waals surface area contributed by atoms with Crippen LogP contribution in [0.25, 0.3) is 11.5 Å². The van der Waals surface area contributed by atoms with Crippen molar-refractivity contribution in [1.29, 1.82) is 0 Å². The van der Waals surface area contributed by atoms with Gasteiger partial charge in [0.05, 0.1) is 12.1 Å². The van der Waals surface area contributed by atoms with E-state index in [-0.39, 0.29) is 18.4 Å². The van der Waals surface area contributed by atoms with E-state index >= 15 is 0 Å². The number of carbonyl (C=O) groups is 1. The van der Waals surface area contributed by atoms with Crippen LogP contribution in [0.2, 0.25) is 0 Å². The van der Waals surface area contributed by atoms with Crippen molar-refractivity contribution in [2.75, 3.05) is 0 Å². The van der Waals surface area contributed by atoms with Crippen molar-refractivity contribution in [3.05, 3.63) is 41.8 Å². The zero-order valence-corrected chi connectivity index (χ0v) is 12.4. The van der Waals surface area contributed by atoms with Crippen molar-refractivity contribution in [1.82, 2.24) is 10.3 Å². The summed E-state index contributed by atoms with van der Waals surface area (Å²) in [5.41, 5.74) is 1.65. The molecule has 21 heavy (non-hydrogen) atoms. The first-order valence-electron chi connectivity index (χ1n) is 7.44. The molecule has 1 fully saturated rings. The Kier molecular flexibility index (Phi) is 3.78. The summed E-state index contributed by atoms with van der Waals surface area (Å²) < 4.78 is 5.68. The Bertz CT molecular complexity index is 629. The van der Waals surface area contributed by atoms with E-state index in [1.807, 2.05) is 37.3 Å². The number of oxazole rings is 1. The summed E-state index contributed by atoms with van der Waals surface area (Å²) in [5.74, 6) is 1.96. The molecule has 0 saturated heterocycles. The number of rotatable bonds is 5. The van der Waals surface area contributed by atoms with E-state index in [1.165, 1.54) is 12.8 Å². The molecule has 1 amide bonds. The first kappa shape index (κ1) is 13.9. The van der Waals surface area contributed by atoms with Gasteiger partial charge in [-0.05, 0) is 44.7 Å². The lowest BCUT2D eigenvalue weighted by Crippen LogP contribution is -2.35. The van der Waals surface area contributed by atoms with Crippen LogP contribution in [0.15, 0.2) is 34.7 Å². The standard InChI is InChI=1S/C17H20N2O2/c1-11(13-8-9-13)18-16(20)10-15-12(2)21-17(19-15)14-6-4-3-5-7-14/h3-7,11,13H,8-10H2,1-2H3,(H,18,20). The lowest BCUT2D eigenvalue weighted by atomic mass is 10.2. The van der Waals surface area contributed by atoms with Crippen LogP contribution in [0.4, 0.5) is 0 Å². The van der Waals surface area contributed by atoms with Gasteiger partial charge in [-0.2, -0.15) is 0 Å². The van der Waals surface area contributed by atoms with Crippen LogP contribution in [-0.4, -0.2) is 16.9 Å². The number of aryl methyl sites for hydroxylation is 1. The first-order valence-corrected chi connectivity index (χ1v) is 7.44. The maximum atomic E-state index is 12.1.